The van der Waals surface area contributed by atoms with Crippen molar-refractivity contribution in [1.29, 1.82) is 0 Å². The van der Waals surface area contributed by atoms with Gasteiger partial charge in [-0.2, -0.15) is 0 Å². The molecule has 3 atom stereocenters. The lowest BCUT2D eigenvalue weighted by Gasteiger charge is -2.39. The summed E-state index contributed by atoms with van der Waals surface area (Å²) < 4.78 is 16.6. The average Bonchev–Trinajstić information content (AvgIpc) is 3.18. The summed E-state index contributed by atoms with van der Waals surface area (Å²) >= 11 is 6.33. The molecule has 3 rings (SSSR count). The van der Waals surface area contributed by atoms with Crippen LogP contribution in [-0.2, 0) is 14.2 Å². The van der Waals surface area contributed by atoms with Crippen LogP contribution in [0.2, 0.25) is 5.02 Å². The summed E-state index contributed by atoms with van der Waals surface area (Å²) in [4.78, 5) is 26.5. The van der Waals surface area contributed by atoms with Crippen LogP contribution in [0.25, 0.3) is 0 Å². The zero-order valence-electron chi connectivity index (χ0n) is 22.3. The summed E-state index contributed by atoms with van der Waals surface area (Å²) in [6.45, 7) is 6.07. The van der Waals surface area contributed by atoms with Crippen LogP contribution in [0.3, 0.4) is 0 Å². The molecule has 2 fully saturated rings. The van der Waals surface area contributed by atoms with E-state index in [-0.39, 0.29) is 18.1 Å². The largest absolute Gasteiger partial charge is 0.453 e. The highest BCUT2D eigenvalue weighted by atomic mass is 35.5. The highest BCUT2D eigenvalue weighted by Gasteiger charge is 2.33. The molecule has 2 aliphatic heterocycles. The van der Waals surface area contributed by atoms with Crippen molar-refractivity contribution in [1.82, 2.24) is 15.2 Å². The van der Waals surface area contributed by atoms with E-state index >= 15 is 0 Å². The first-order chi connectivity index (χ1) is 17.9. The zero-order chi connectivity index (χ0) is 26.6. The molecule has 1 aromatic rings. The molecule has 0 aromatic heterocycles. The molecule has 1 aromatic carbocycles. The van der Waals surface area contributed by atoms with Crippen molar-refractivity contribution in [2.75, 3.05) is 53.1 Å². The first-order valence-electron chi connectivity index (χ1n) is 13.5. The first kappa shape index (κ1) is 29.5. The summed E-state index contributed by atoms with van der Waals surface area (Å²) in [5.74, 6) is 6.85. The van der Waals surface area contributed by atoms with Crippen molar-refractivity contribution in [2.24, 2.45) is 17.7 Å². The Morgan fingerprint density at radius 3 is 2.95 bits per heavy atom. The van der Waals surface area contributed by atoms with Gasteiger partial charge in [-0.15, -0.1) is 0 Å². The lowest BCUT2D eigenvalue weighted by Crippen LogP contribution is -2.51. The van der Waals surface area contributed by atoms with Crippen molar-refractivity contribution < 1.29 is 23.8 Å². The Hall–Kier alpha value is -2.07. The lowest BCUT2D eigenvalue weighted by atomic mass is 9.86. The monoisotopic (exact) mass is 538 g/mol. The molecule has 2 heterocycles. The molecule has 9 nitrogen and oxygen atoms in total. The molecule has 3 unspecified atom stereocenters. The van der Waals surface area contributed by atoms with Crippen LogP contribution in [0.1, 0.15) is 62.2 Å². The second kappa shape index (κ2) is 15.4. The van der Waals surface area contributed by atoms with Crippen molar-refractivity contribution in [2.45, 2.75) is 58.0 Å². The number of benzene rings is 1. The molecule has 0 saturated carbocycles. The van der Waals surface area contributed by atoms with Gasteiger partial charge in [0.05, 0.1) is 19.8 Å². The van der Waals surface area contributed by atoms with E-state index in [9.17, 15) is 9.59 Å². The number of halogens is 1. The van der Waals surface area contributed by atoms with Crippen molar-refractivity contribution in [3.8, 4) is 0 Å². The van der Waals surface area contributed by atoms with Gasteiger partial charge in [0.2, 0.25) is 0 Å². The van der Waals surface area contributed by atoms with E-state index in [1.165, 1.54) is 25.0 Å². The normalized spacial score (nSPS) is 21.1. The number of nitrogens with two attached hydrogens (primary N) is 1. The van der Waals surface area contributed by atoms with Crippen LogP contribution >= 0.6 is 11.6 Å². The molecule has 3 N–H and O–H groups in total. The van der Waals surface area contributed by atoms with Crippen LogP contribution in [-0.4, -0.2) is 75.1 Å². The van der Waals surface area contributed by atoms with E-state index < -0.39 is 6.09 Å². The Kier molecular flexibility index (Phi) is 12.2. The fraction of sp³-hybridized carbons (Fsp3) is 0.704. The van der Waals surface area contributed by atoms with Gasteiger partial charge < -0.3 is 24.4 Å². The fourth-order valence-electron chi connectivity index (χ4n) is 5.27. The summed E-state index contributed by atoms with van der Waals surface area (Å²) in [7, 11) is 1.33. The Balaban J connectivity index is 1.59. The summed E-state index contributed by atoms with van der Waals surface area (Å²) in [5, 5.41) is 4.65. The minimum atomic E-state index is -0.497. The third-order valence-electron chi connectivity index (χ3n) is 7.32. The maximum absolute atomic E-state index is 13.2. The first-order valence-corrected chi connectivity index (χ1v) is 13.8. The molecular weight excluding hydrogens is 496 g/mol. The number of hydrogen-bond acceptors (Lipinski definition) is 6. The van der Waals surface area contributed by atoms with Gasteiger partial charge in [-0.1, -0.05) is 24.1 Å². The number of carbonyl (C=O) groups excluding carboxylic acids is 2. The summed E-state index contributed by atoms with van der Waals surface area (Å²) in [5.41, 5.74) is 2.07. The van der Waals surface area contributed by atoms with Crippen LogP contribution in [0.4, 0.5) is 9.59 Å². The predicted molar refractivity (Wildman–Crippen MR) is 143 cm³/mol. The molecule has 0 bridgehead atoms. The Labute approximate surface area is 225 Å². The Morgan fingerprint density at radius 1 is 1.30 bits per heavy atom. The number of urea groups is 1. The number of carbonyl (C=O) groups is 2. The van der Waals surface area contributed by atoms with E-state index in [2.05, 4.69) is 10.1 Å². The average molecular weight is 539 g/mol. The third-order valence-corrected chi connectivity index (χ3v) is 7.56. The van der Waals surface area contributed by atoms with Gasteiger partial charge in [-0.25, -0.2) is 15.4 Å². The van der Waals surface area contributed by atoms with Crippen LogP contribution < -0.4 is 11.2 Å². The van der Waals surface area contributed by atoms with Gasteiger partial charge in [0.15, 0.2) is 0 Å². The number of alkyl carbamates (subject to hydrolysis) is 1. The highest BCUT2D eigenvalue weighted by molar-refractivity contribution is 6.30. The number of aryl methyl sites for hydroxylation is 1. The number of methoxy groups -OCH3 is 1. The number of nitrogens with zero attached hydrogens (tertiary/aromatic N) is 2. The van der Waals surface area contributed by atoms with Crippen molar-refractivity contribution in [3.63, 3.8) is 0 Å². The Bertz CT molecular complexity index is 865. The van der Waals surface area contributed by atoms with Gasteiger partial charge in [0.25, 0.3) is 0 Å². The van der Waals surface area contributed by atoms with E-state index in [1.807, 2.05) is 30.0 Å². The second-order valence-corrected chi connectivity index (χ2v) is 10.6. The standard InChI is InChI=1S/C27H43ClN4O5/c1-20-10-11-23(28)17-24(20)25(37-16-12-30-26(33)35-2)22-9-6-13-31(18-22)27(34)32(29)14-5-8-21-7-3-4-15-36-19-21/h10-11,17,21-22,25H,3-9,12-16,18-19,29H2,1-2H3,(H,30,33). The number of rotatable bonds is 10. The van der Waals surface area contributed by atoms with E-state index in [0.29, 0.717) is 43.7 Å². The molecule has 208 valence electrons. The zero-order valence-corrected chi connectivity index (χ0v) is 23.0. The van der Waals surface area contributed by atoms with E-state index in [4.69, 9.17) is 26.9 Å². The maximum Gasteiger partial charge on any atom is 0.406 e. The van der Waals surface area contributed by atoms with Crippen LogP contribution in [0, 0.1) is 18.8 Å². The topological polar surface area (TPSA) is 106 Å². The smallest absolute Gasteiger partial charge is 0.406 e. The molecule has 2 saturated heterocycles. The molecule has 10 heteroatoms. The quantitative estimate of drug-likeness (QED) is 0.194. The molecule has 37 heavy (non-hydrogen) atoms. The van der Waals surface area contributed by atoms with Gasteiger partial charge in [0.1, 0.15) is 0 Å². The SMILES string of the molecule is COC(=O)NCCOC(c1cc(Cl)ccc1C)C1CCCN(C(=O)N(N)CCCC2CCCCOC2)C1. The number of hydrazine groups is 1. The maximum atomic E-state index is 13.2. The van der Waals surface area contributed by atoms with Gasteiger partial charge in [0, 0.05) is 50.3 Å². The van der Waals surface area contributed by atoms with Crippen LogP contribution in [0.5, 0.6) is 0 Å². The number of nitrogens with one attached hydrogen (secondary N) is 1. The number of likely N-dealkylation sites (tertiary alicyclic amines) is 1. The Morgan fingerprint density at radius 2 is 2.14 bits per heavy atom. The summed E-state index contributed by atoms with van der Waals surface area (Å²) in [6.07, 6.45) is 6.43. The number of ether oxygens (including phenoxy) is 3. The fourth-order valence-corrected chi connectivity index (χ4v) is 5.45. The summed E-state index contributed by atoms with van der Waals surface area (Å²) in [6, 6.07) is 5.63. The molecule has 0 spiro atoms. The molecular formula is C27H43ClN4O5. The van der Waals surface area contributed by atoms with E-state index in [1.54, 1.807) is 0 Å². The molecule has 2 aliphatic rings. The van der Waals surface area contributed by atoms with E-state index in [0.717, 1.165) is 56.4 Å². The molecule has 0 aliphatic carbocycles. The van der Waals surface area contributed by atoms with Crippen molar-refractivity contribution in [3.05, 3.63) is 34.3 Å². The highest BCUT2D eigenvalue weighted by Crippen LogP contribution is 2.36. The minimum absolute atomic E-state index is 0.0736. The number of hydrogen-bond donors (Lipinski definition) is 2. The lowest BCUT2D eigenvalue weighted by molar-refractivity contribution is -0.0110. The third kappa shape index (κ3) is 9.32. The molecule has 0 radical (unpaired) electrons. The number of piperidine rings is 1. The minimum Gasteiger partial charge on any atom is -0.453 e. The van der Waals surface area contributed by atoms with Gasteiger partial charge in [-0.05, 0) is 74.6 Å². The van der Waals surface area contributed by atoms with Crippen molar-refractivity contribution >= 4 is 23.7 Å². The van der Waals surface area contributed by atoms with Gasteiger partial charge >= 0.3 is 12.1 Å². The molecule has 3 amide bonds. The van der Waals surface area contributed by atoms with Gasteiger partial charge in [-0.3, -0.25) is 5.01 Å². The van der Waals surface area contributed by atoms with Crippen LogP contribution in [0.15, 0.2) is 18.2 Å². The second-order valence-electron chi connectivity index (χ2n) is 10.1. The number of amides is 3. The predicted octanol–water partition coefficient (Wildman–Crippen LogP) is 4.67.